The van der Waals surface area contributed by atoms with Crippen LogP contribution in [0.5, 0.6) is 23.0 Å². The maximum absolute atomic E-state index is 14.5. The van der Waals surface area contributed by atoms with Gasteiger partial charge in [0.1, 0.15) is 11.5 Å². The molecule has 0 aliphatic carbocycles. The van der Waals surface area contributed by atoms with E-state index in [1.54, 1.807) is 0 Å². The van der Waals surface area contributed by atoms with Gasteiger partial charge in [-0.25, -0.2) is 13.8 Å². The second kappa shape index (κ2) is 11.6. The summed E-state index contributed by atoms with van der Waals surface area (Å²) in [4.78, 5) is 6.66. The Morgan fingerprint density at radius 2 is 1.40 bits per heavy atom. The van der Waals surface area contributed by atoms with Crippen molar-refractivity contribution in [2.45, 2.75) is 52.4 Å². The van der Waals surface area contributed by atoms with E-state index in [0.29, 0.717) is 54.2 Å². The molecular weight excluding hydrogens is 516 g/mol. The Kier molecular flexibility index (Phi) is 7.55. The van der Waals surface area contributed by atoms with Gasteiger partial charge in [0.15, 0.2) is 23.0 Å². The molecule has 0 atom stereocenters. The van der Waals surface area contributed by atoms with Gasteiger partial charge in [-0.1, -0.05) is 55.8 Å². The molecule has 0 bridgehead atoms. The van der Waals surface area contributed by atoms with Crippen LogP contribution >= 0.6 is 0 Å². The van der Waals surface area contributed by atoms with Gasteiger partial charge in [-0.15, -0.1) is 0 Å². The molecule has 208 valence electrons. The first-order valence-electron chi connectivity index (χ1n) is 13.5. The molecule has 9 heteroatoms. The molecule has 0 fully saturated rings. The zero-order chi connectivity index (χ0) is 27.5. The van der Waals surface area contributed by atoms with Crippen molar-refractivity contribution in [1.82, 2.24) is 14.5 Å². The van der Waals surface area contributed by atoms with Gasteiger partial charge in [0.05, 0.1) is 5.69 Å². The maximum Gasteiger partial charge on any atom is 0.282 e. The van der Waals surface area contributed by atoms with E-state index in [1.165, 1.54) is 0 Å². The van der Waals surface area contributed by atoms with E-state index in [2.05, 4.69) is 16.8 Å². The van der Waals surface area contributed by atoms with Gasteiger partial charge in [0.25, 0.3) is 6.43 Å². The molecule has 2 aliphatic heterocycles. The number of alkyl halides is 2. The first kappa shape index (κ1) is 26.1. The quantitative estimate of drug-likeness (QED) is 0.203. The average molecular weight is 548 g/mol. The van der Waals surface area contributed by atoms with Gasteiger partial charge in [0.2, 0.25) is 13.6 Å². The molecular formula is C31H31F2N3O4. The topological polar surface area (TPSA) is 58.0 Å². The average Bonchev–Trinajstić information content (AvgIpc) is 3.70. The number of halogens is 2. The van der Waals surface area contributed by atoms with Crippen molar-refractivity contribution in [3.8, 4) is 34.4 Å². The molecule has 0 radical (unpaired) electrons. The lowest BCUT2D eigenvalue weighted by molar-refractivity contribution is 0.142. The van der Waals surface area contributed by atoms with Gasteiger partial charge in [-0.05, 0) is 41.8 Å². The summed E-state index contributed by atoms with van der Waals surface area (Å²) in [5.74, 6) is 3.36. The van der Waals surface area contributed by atoms with Crippen LogP contribution in [-0.2, 0) is 26.2 Å². The Morgan fingerprint density at radius 3 is 1.98 bits per heavy atom. The molecule has 0 N–H and O–H groups in total. The largest absolute Gasteiger partial charge is 0.454 e. The molecule has 3 heterocycles. The molecule has 0 amide bonds. The van der Waals surface area contributed by atoms with Crippen molar-refractivity contribution in [1.29, 1.82) is 0 Å². The first-order chi connectivity index (χ1) is 19.6. The van der Waals surface area contributed by atoms with Crippen LogP contribution in [0.2, 0.25) is 0 Å². The van der Waals surface area contributed by atoms with E-state index >= 15 is 0 Å². The van der Waals surface area contributed by atoms with E-state index in [4.69, 9.17) is 18.9 Å². The lowest BCUT2D eigenvalue weighted by atomic mass is 10.1. The summed E-state index contributed by atoms with van der Waals surface area (Å²) in [6.07, 6.45) is -0.900. The first-order valence-corrected chi connectivity index (χ1v) is 13.5. The molecule has 0 unspecified atom stereocenters. The third-order valence-electron chi connectivity index (χ3n) is 7.14. The number of aromatic nitrogens is 2. The van der Waals surface area contributed by atoms with Crippen LogP contribution in [0.4, 0.5) is 8.78 Å². The van der Waals surface area contributed by atoms with Gasteiger partial charge < -0.3 is 23.5 Å². The van der Waals surface area contributed by atoms with Crippen LogP contribution in [0.15, 0.2) is 66.7 Å². The zero-order valence-corrected chi connectivity index (χ0v) is 22.3. The van der Waals surface area contributed by atoms with E-state index in [-0.39, 0.29) is 25.8 Å². The molecule has 6 rings (SSSR count). The Labute approximate surface area is 231 Å². The highest BCUT2D eigenvalue weighted by Gasteiger charge is 2.26. The minimum Gasteiger partial charge on any atom is -0.454 e. The smallest absolute Gasteiger partial charge is 0.282 e. The highest BCUT2D eigenvalue weighted by molar-refractivity contribution is 5.57. The second-order valence-electron chi connectivity index (χ2n) is 9.96. The predicted octanol–water partition coefficient (Wildman–Crippen LogP) is 6.95. The SMILES string of the molecule is CCCCn1c(-c2ccccc2)nc(C(F)F)c1CN(Cc1ccc2c(c1)OCO2)Cc1ccc2c(c1)OCO2. The summed E-state index contributed by atoms with van der Waals surface area (Å²) >= 11 is 0. The van der Waals surface area contributed by atoms with Crippen LogP contribution in [0, 0.1) is 0 Å². The van der Waals surface area contributed by atoms with Gasteiger partial charge in [0, 0.05) is 31.7 Å². The zero-order valence-electron chi connectivity index (χ0n) is 22.3. The standard InChI is InChI=1S/C31H31F2N3O4/c1-2-3-13-36-24(29(30(32)33)34-31(36)23-7-5-4-6-8-23)18-35(16-21-9-11-25-27(14-21)39-19-37-25)17-22-10-12-26-28(15-22)40-20-38-26/h4-12,14-15,30H,2-3,13,16-20H2,1H3. The van der Waals surface area contributed by atoms with Crippen LogP contribution in [0.3, 0.4) is 0 Å². The third-order valence-corrected chi connectivity index (χ3v) is 7.14. The van der Waals surface area contributed by atoms with Crippen molar-refractivity contribution >= 4 is 0 Å². The summed E-state index contributed by atoms with van der Waals surface area (Å²) in [6.45, 7) is 4.38. The van der Waals surface area contributed by atoms with Crippen molar-refractivity contribution in [2.75, 3.05) is 13.6 Å². The Bertz CT molecular complexity index is 1420. The fraction of sp³-hybridized carbons (Fsp3) is 0.323. The second-order valence-corrected chi connectivity index (χ2v) is 9.96. The number of imidazole rings is 1. The van der Waals surface area contributed by atoms with E-state index < -0.39 is 6.43 Å². The molecule has 2 aliphatic rings. The molecule has 1 aromatic heterocycles. The fourth-order valence-electron chi connectivity index (χ4n) is 5.19. The van der Waals surface area contributed by atoms with Crippen LogP contribution in [0.1, 0.15) is 48.7 Å². The number of ether oxygens (including phenoxy) is 4. The Hall–Kier alpha value is -4.11. The molecule has 0 saturated heterocycles. The summed E-state index contributed by atoms with van der Waals surface area (Å²) in [5, 5.41) is 0. The highest BCUT2D eigenvalue weighted by atomic mass is 19.3. The van der Waals surface area contributed by atoms with Crippen molar-refractivity contribution in [2.24, 2.45) is 0 Å². The summed E-state index contributed by atoms with van der Waals surface area (Å²) < 4.78 is 53.1. The van der Waals surface area contributed by atoms with E-state index in [1.807, 2.05) is 71.3 Å². The molecule has 3 aromatic carbocycles. The monoisotopic (exact) mass is 547 g/mol. The van der Waals surface area contributed by atoms with Crippen LogP contribution in [0.25, 0.3) is 11.4 Å². The number of fused-ring (bicyclic) bond motifs is 2. The summed E-state index contributed by atoms with van der Waals surface area (Å²) in [7, 11) is 0. The number of hydrogen-bond donors (Lipinski definition) is 0. The van der Waals surface area contributed by atoms with Crippen molar-refractivity contribution in [3.63, 3.8) is 0 Å². The summed E-state index contributed by atoms with van der Waals surface area (Å²) in [6, 6.07) is 21.2. The van der Waals surface area contributed by atoms with E-state index in [9.17, 15) is 8.78 Å². The number of benzene rings is 3. The van der Waals surface area contributed by atoms with Gasteiger partial charge in [-0.2, -0.15) is 0 Å². The highest BCUT2D eigenvalue weighted by Crippen LogP contribution is 2.36. The number of nitrogens with zero attached hydrogens (tertiary/aromatic N) is 3. The van der Waals surface area contributed by atoms with Crippen molar-refractivity contribution in [3.05, 3.63) is 89.2 Å². The molecule has 40 heavy (non-hydrogen) atoms. The number of hydrogen-bond acceptors (Lipinski definition) is 6. The lowest BCUT2D eigenvalue weighted by Crippen LogP contribution is -2.25. The normalized spacial score (nSPS) is 13.5. The van der Waals surface area contributed by atoms with E-state index in [0.717, 1.165) is 29.5 Å². The van der Waals surface area contributed by atoms with Crippen LogP contribution < -0.4 is 18.9 Å². The fourth-order valence-corrected chi connectivity index (χ4v) is 5.19. The Balaban J connectivity index is 1.38. The molecule has 0 spiro atoms. The minimum absolute atomic E-state index is 0.170. The summed E-state index contributed by atoms with van der Waals surface area (Å²) in [5.41, 5.74) is 3.17. The van der Waals surface area contributed by atoms with Crippen LogP contribution in [-0.4, -0.2) is 28.0 Å². The number of unbranched alkanes of at least 4 members (excludes halogenated alkanes) is 1. The Morgan fingerprint density at radius 1 is 0.800 bits per heavy atom. The molecule has 4 aromatic rings. The maximum atomic E-state index is 14.5. The predicted molar refractivity (Wildman–Crippen MR) is 146 cm³/mol. The molecule has 0 saturated carbocycles. The minimum atomic E-state index is -2.70. The lowest BCUT2D eigenvalue weighted by Gasteiger charge is -2.25. The number of rotatable bonds is 11. The van der Waals surface area contributed by atoms with Gasteiger partial charge in [-0.3, -0.25) is 4.90 Å². The van der Waals surface area contributed by atoms with Gasteiger partial charge >= 0.3 is 0 Å². The molecule has 7 nitrogen and oxygen atoms in total. The third kappa shape index (κ3) is 5.47. The van der Waals surface area contributed by atoms with Crippen molar-refractivity contribution < 1.29 is 27.7 Å².